The zero-order chi connectivity index (χ0) is 81.1. The number of nitrogens with zero attached hydrogens (tertiary/aromatic N) is 5. The number of hydrogen-bond donors (Lipinski definition) is 18. The first-order chi connectivity index (χ1) is 54.1. The Bertz CT molecular complexity index is 4650. The van der Waals surface area contributed by atoms with Crippen molar-refractivity contribution in [2.45, 2.75) is 131 Å². The zero-order valence-electron chi connectivity index (χ0n) is 60.4. The summed E-state index contributed by atoms with van der Waals surface area (Å²) in [6, 6.07) is 11.1. The Labute approximate surface area is 639 Å². The van der Waals surface area contributed by atoms with Crippen molar-refractivity contribution in [2.24, 2.45) is 0 Å². The Morgan fingerprint density at radius 2 is 1.59 bits per heavy atom. The van der Waals surface area contributed by atoms with Gasteiger partial charge >= 0.3 is 17.7 Å². The Morgan fingerprint density at radius 1 is 0.867 bits per heavy atom. The molecule has 6 unspecified atom stereocenters. The number of nitro groups is 1. The Kier molecular flexibility index (Phi) is 26.7. The van der Waals surface area contributed by atoms with Crippen LogP contribution in [0.5, 0.6) is 23.0 Å². The summed E-state index contributed by atoms with van der Waals surface area (Å²) in [4.78, 5) is 133. The molecule has 11 rings (SSSR count). The normalized spacial score (nSPS) is 23.0. The number of amides is 3. The number of aliphatic carboxylic acids is 1. The van der Waals surface area contributed by atoms with E-state index in [0.29, 0.717) is 17.1 Å². The number of benzene rings is 4. The summed E-state index contributed by atoms with van der Waals surface area (Å²) in [5.74, 6) is -7.82. The summed E-state index contributed by atoms with van der Waals surface area (Å²) in [6.45, 7) is 0.375. The lowest BCUT2D eigenvalue weighted by molar-refractivity contribution is -0.387. The topological polar surface area (TPSA) is 621 Å². The number of ether oxygens (including phenoxy) is 9. The average Bonchev–Trinajstić information content (AvgIpc) is 0.824. The number of methoxy groups -OCH3 is 1. The van der Waals surface area contributed by atoms with Gasteiger partial charge in [-0.25, -0.2) is 14.8 Å². The van der Waals surface area contributed by atoms with Crippen LogP contribution in [-0.2, 0) is 60.5 Å². The number of carboxylic acid groups (broad SMARTS) is 1. The van der Waals surface area contributed by atoms with Crippen molar-refractivity contribution in [3.05, 3.63) is 149 Å². The minimum Gasteiger partial charge on any atom is -0.507 e. The zero-order valence-corrected chi connectivity index (χ0v) is 60.4. The van der Waals surface area contributed by atoms with Crippen LogP contribution < -0.4 is 53.0 Å². The number of carbonyl (C=O) groups is 7. The van der Waals surface area contributed by atoms with Crippen LogP contribution >= 0.6 is 0 Å². The number of nitrogens with one attached hydrogen (secondary N) is 7. The highest BCUT2D eigenvalue weighted by molar-refractivity contribution is 6.31. The fraction of sp³-hybridized carbons (Fsp3) is 0.451. The van der Waals surface area contributed by atoms with Crippen LogP contribution in [0.15, 0.2) is 83.6 Å². The largest absolute Gasteiger partial charge is 0.507 e. The highest BCUT2D eigenvalue weighted by atomic mass is 16.7. The second-order valence-electron chi connectivity index (χ2n) is 26.7. The Balaban J connectivity index is 0.676. The highest BCUT2D eigenvalue weighted by Crippen LogP contribution is 2.53. The number of alkyl carbamates (subject to hydrolysis) is 1. The highest BCUT2D eigenvalue weighted by Gasteiger charge is 2.51. The Hall–Kier alpha value is -11.2. The second kappa shape index (κ2) is 36.5. The lowest BCUT2D eigenvalue weighted by Crippen LogP contribution is -2.60. The van der Waals surface area contributed by atoms with Crippen molar-refractivity contribution in [3.8, 4) is 23.0 Å². The van der Waals surface area contributed by atoms with Crippen LogP contribution in [0.2, 0.25) is 0 Å². The average molecular weight is 1580 g/mol. The molecule has 42 heteroatoms. The van der Waals surface area contributed by atoms with E-state index in [-0.39, 0.29) is 128 Å². The van der Waals surface area contributed by atoms with Crippen molar-refractivity contribution < 1.29 is 132 Å². The van der Waals surface area contributed by atoms with E-state index >= 15 is 0 Å². The van der Waals surface area contributed by atoms with Gasteiger partial charge in [-0.15, -0.1) is 5.53 Å². The molecule has 2 aliphatic carbocycles. The summed E-state index contributed by atoms with van der Waals surface area (Å²) >= 11 is 0. The fourth-order valence-corrected chi connectivity index (χ4v) is 13.3. The molecule has 0 saturated carbocycles. The third-order valence-corrected chi connectivity index (χ3v) is 19.2. The van der Waals surface area contributed by atoms with Gasteiger partial charge in [-0.3, -0.25) is 53.7 Å². The molecule has 2 saturated heterocycles. The van der Waals surface area contributed by atoms with Gasteiger partial charge in [0, 0.05) is 84.6 Å². The molecule has 3 aliphatic heterocycles. The first-order valence-electron chi connectivity index (χ1n) is 35.4. The first kappa shape index (κ1) is 82.7. The van der Waals surface area contributed by atoms with Gasteiger partial charge in [-0.05, 0) is 55.3 Å². The van der Waals surface area contributed by atoms with Gasteiger partial charge in [-0.2, -0.15) is 4.98 Å². The number of hydrazine groups is 2. The van der Waals surface area contributed by atoms with E-state index in [1.807, 2.05) is 0 Å². The summed E-state index contributed by atoms with van der Waals surface area (Å²) in [5, 5.41) is 133. The summed E-state index contributed by atoms with van der Waals surface area (Å²) in [7, 11) is 1.25. The molecule has 0 spiro atoms. The molecule has 2 aromatic heterocycles. The summed E-state index contributed by atoms with van der Waals surface area (Å²) in [6.07, 6.45) is -17.4. The predicted octanol–water partition coefficient (Wildman–Crippen LogP) is -1.80. The standard InChI is InChI=1S/C71H83N13O29/c1-32-56(90)41(24-50(109-32)110-46-26-71(102,48(87)31-86)25-39-52(46)61(95)54-53(58(39)92)57(91)38-4-3-5-44(105-2)51(38)60(54)94)78-70(101)113-45(34-8-12-43(42(22-34)84(103)104)111-68-63(97)62(96)59(93)47(30-85)112-68)23-36-29-83(82-81-36)15-17-107-19-21-108-20-18-106-16-14-73-66(99)40(11-13-49(88)89)77-65(98)33-6-9-35(10-7-33)74-27-37-28-75-64-55(76-37)67(100)80-69(72)79-64/h3-10,12,22,28-29,32,40-41,45-47,50,56,59,62-63,68,74,81-82,85-86,90,92-93,95-97,102H,11,13-21,23-27,30-31H2,1-2H3,(H,73,99)(H,77,98)(H,78,101)(H,88,89)(H3,72,75,79,80,100)/t32?,40-,41?,45+,46-,47?,50?,56?,59-,62-,63?,68+,71-/m0/s1. The number of hydrogen-bond acceptors (Lipinski definition) is 36. The summed E-state index contributed by atoms with van der Waals surface area (Å²) in [5.41, 5.74) is 6.73. The number of aromatic amines is 1. The minimum absolute atomic E-state index is 0.00661. The van der Waals surface area contributed by atoms with E-state index in [0.717, 1.165) is 12.1 Å². The molecule has 113 heavy (non-hydrogen) atoms. The molecule has 4 aromatic carbocycles. The number of aliphatic hydroxyl groups is 7. The van der Waals surface area contributed by atoms with Crippen molar-refractivity contribution in [3.63, 3.8) is 0 Å². The lowest BCUT2D eigenvalue weighted by atomic mass is 9.72. The molecule has 13 atom stereocenters. The smallest absolute Gasteiger partial charge is 0.408 e. The molecule has 5 aliphatic rings. The van der Waals surface area contributed by atoms with E-state index in [1.165, 1.54) is 56.6 Å². The third kappa shape index (κ3) is 19.1. The number of fused-ring (bicyclic) bond motifs is 4. The number of nitrogen functional groups attached to an aromatic ring is 1. The molecule has 2 fully saturated rings. The quantitative estimate of drug-likeness (QED) is 0.00902. The number of carbonyl (C=O) groups excluding carboxylic acids is 6. The van der Waals surface area contributed by atoms with Gasteiger partial charge < -0.3 is 126 Å². The molecule has 606 valence electrons. The number of aliphatic hydroxyl groups excluding tert-OH is 6. The number of nitro benzene ring substituents is 1. The molecule has 19 N–H and O–H groups in total. The maximum Gasteiger partial charge on any atom is 0.408 e. The molecular formula is C71H83N13O29. The van der Waals surface area contributed by atoms with Crippen LogP contribution in [0.1, 0.15) is 116 Å². The van der Waals surface area contributed by atoms with E-state index in [9.17, 15) is 99.5 Å². The van der Waals surface area contributed by atoms with E-state index in [1.54, 1.807) is 23.3 Å². The van der Waals surface area contributed by atoms with Crippen molar-refractivity contribution >= 4 is 69.7 Å². The molecule has 42 nitrogen and oxygen atoms in total. The molecule has 3 amide bonds. The number of H-pyrrole nitrogens is 1. The van der Waals surface area contributed by atoms with Gasteiger partial charge in [-0.1, -0.05) is 18.2 Å². The second-order valence-corrected chi connectivity index (χ2v) is 26.7. The van der Waals surface area contributed by atoms with E-state index in [2.05, 4.69) is 52.2 Å². The number of phenolic OH excluding ortho intramolecular Hbond substituents is 2. The number of rotatable bonds is 35. The van der Waals surface area contributed by atoms with Crippen molar-refractivity contribution in [2.75, 3.05) is 84.1 Å². The van der Waals surface area contributed by atoms with Gasteiger partial charge in [0.1, 0.15) is 72.1 Å². The van der Waals surface area contributed by atoms with Crippen molar-refractivity contribution in [1.82, 2.24) is 51.9 Å². The number of nitrogens with two attached hydrogens (primary N) is 1. The molecular weight excluding hydrogens is 1500 g/mol. The monoisotopic (exact) mass is 1580 g/mol. The van der Waals surface area contributed by atoms with E-state index in [4.69, 9.17) is 48.4 Å². The number of phenols is 2. The molecule has 5 heterocycles. The van der Waals surface area contributed by atoms with Crippen molar-refractivity contribution in [1.29, 1.82) is 0 Å². The fourth-order valence-electron chi connectivity index (χ4n) is 13.3. The van der Waals surface area contributed by atoms with Crippen LogP contribution in [-0.4, -0.2) is 262 Å². The molecule has 0 bridgehead atoms. The molecule has 0 radical (unpaired) electrons. The number of ketones is 3. The number of carboxylic acids is 1. The SMILES string of the molecule is COc1cccc2c1C(=O)c1c(O)c3c(c(O)c1C2=O)C[C@@](O)(C(=O)CO)C[C@@H]3OC1CC(NC(=O)O[C@H](CC2=CN(CCOCCOCCOCCNC(=O)[C@H](CCC(=O)O)NC(=O)c3ccc(NCc4cnc5nc(N)[nH]c(=O)c5n4)cc3)NN2)c2ccc(O[C@@H]3OC(CO)[C@H](O)[C@H](O)C3O)c([N+](=O)[O-])c2)C(O)C(C)O1. The van der Waals surface area contributed by atoms with Crippen LogP contribution in [0.4, 0.5) is 22.1 Å². The summed E-state index contributed by atoms with van der Waals surface area (Å²) < 4.78 is 51.7. The lowest BCUT2D eigenvalue weighted by Gasteiger charge is -2.42. The van der Waals surface area contributed by atoms with Crippen LogP contribution in [0.25, 0.3) is 11.2 Å². The van der Waals surface area contributed by atoms with Gasteiger partial charge in [0.15, 0.2) is 34.8 Å². The first-order valence-corrected chi connectivity index (χ1v) is 35.4. The molecule has 6 aromatic rings. The van der Waals surface area contributed by atoms with Gasteiger partial charge in [0.25, 0.3) is 11.5 Å². The number of aromatic hydroxyl groups is 2. The van der Waals surface area contributed by atoms with Crippen LogP contribution in [0, 0.1) is 10.1 Å². The Morgan fingerprint density at radius 3 is 2.30 bits per heavy atom. The number of anilines is 2. The third-order valence-electron chi connectivity index (χ3n) is 19.2. The minimum atomic E-state index is -2.52. The predicted molar refractivity (Wildman–Crippen MR) is 383 cm³/mol. The van der Waals surface area contributed by atoms with Gasteiger partial charge in [0.2, 0.25) is 23.9 Å². The maximum absolute atomic E-state index is 14.3. The van der Waals surface area contributed by atoms with Crippen LogP contribution in [0.3, 0.4) is 0 Å². The van der Waals surface area contributed by atoms with Gasteiger partial charge in [0.05, 0.1) is 118 Å². The maximum atomic E-state index is 14.3. The van der Waals surface area contributed by atoms with E-state index < -0.39 is 204 Å². The number of Topliss-reactive ketones (excluding diaryl/α,β-unsaturated/α-hetero) is 1. The number of aromatic nitrogens is 4.